The van der Waals surface area contributed by atoms with Crippen molar-refractivity contribution in [1.29, 1.82) is 0 Å². The molecule has 0 aromatic heterocycles. The molecule has 0 radical (unpaired) electrons. The Balaban J connectivity index is 1.82. The van der Waals surface area contributed by atoms with Gasteiger partial charge in [-0.3, -0.25) is 4.79 Å². The van der Waals surface area contributed by atoms with E-state index in [9.17, 15) is 9.59 Å². The number of carboxylic acid groups (broad SMARTS) is 1. The second kappa shape index (κ2) is 10.9. The molecule has 2 rings (SSSR count). The normalized spacial score (nSPS) is 19.7. The van der Waals surface area contributed by atoms with Gasteiger partial charge in [-0.05, 0) is 58.2 Å². The molecule has 1 aliphatic rings. The first-order chi connectivity index (χ1) is 13.0. The second-order valence-electron chi connectivity index (χ2n) is 7.72. The Morgan fingerprint density at radius 1 is 1.04 bits per heavy atom. The van der Waals surface area contributed by atoms with Crippen LogP contribution in [0.25, 0.3) is 0 Å². The topological polar surface area (TPSA) is 72.9 Å². The Kier molecular flexibility index (Phi) is 8.58. The van der Waals surface area contributed by atoms with Crippen molar-refractivity contribution in [2.75, 3.05) is 33.7 Å². The summed E-state index contributed by atoms with van der Waals surface area (Å²) in [6, 6.07) is 10.4. The summed E-state index contributed by atoms with van der Waals surface area (Å²) in [5.41, 5.74) is 1.29. The molecular formula is C21H33N3O3. The van der Waals surface area contributed by atoms with Gasteiger partial charge in [-0.25, -0.2) is 4.79 Å². The lowest BCUT2D eigenvalue weighted by molar-refractivity contribution is -0.142. The molecule has 2 amide bonds. The number of urea groups is 1. The van der Waals surface area contributed by atoms with E-state index in [0.29, 0.717) is 19.4 Å². The van der Waals surface area contributed by atoms with Crippen LogP contribution in [0.3, 0.4) is 0 Å². The predicted molar refractivity (Wildman–Crippen MR) is 107 cm³/mol. The van der Waals surface area contributed by atoms with E-state index in [1.807, 2.05) is 37.2 Å². The van der Waals surface area contributed by atoms with E-state index in [0.717, 1.165) is 38.8 Å². The Bertz CT molecular complexity index is 584. The largest absolute Gasteiger partial charge is 0.481 e. The van der Waals surface area contributed by atoms with Crippen molar-refractivity contribution in [3.63, 3.8) is 0 Å². The van der Waals surface area contributed by atoms with Crippen LogP contribution in [-0.4, -0.2) is 66.7 Å². The number of hydrogen-bond acceptors (Lipinski definition) is 3. The summed E-state index contributed by atoms with van der Waals surface area (Å²) in [7, 11) is 4.01. The lowest BCUT2D eigenvalue weighted by Crippen LogP contribution is -2.48. The number of amides is 2. The molecule has 0 unspecified atom stereocenters. The number of carboxylic acids is 1. The van der Waals surface area contributed by atoms with Crippen molar-refractivity contribution >= 4 is 12.0 Å². The molecule has 1 fully saturated rings. The summed E-state index contributed by atoms with van der Waals surface area (Å²) < 4.78 is 0. The molecule has 0 heterocycles. The first-order valence-electron chi connectivity index (χ1n) is 9.92. The molecule has 0 spiro atoms. The van der Waals surface area contributed by atoms with Crippen molar-refractivity contribution in [2.24, 2.45) is 5.92 Å². The standard InChI is InChI=1S/C21H33N3O3/c1-23(2)15-16-24(14-6-9-17-7-4-3-5-8-17)21(27)22-19-12-10-18(11-13-19)20(25)26/h3-5,7-8,18-19H,6,9-16H2,1-2H3,(H,22,27)(H,25,26). The maximum absolute atomic E-state index is 12.8. The van der Waals surface area contributed by atoms with Gasteiger partial charge in [-0.2, -0.15) is 0 Å². The monoisotopic (exact) mass is 375 g/mol. The number of benzene rings is 1. The fourth-order valence-electron chi connectivity index (χ4n) is 3.50. The van der Waals surface area contributed by atoms with Crippen molar-refractivity contribution in [1.82, 2.24) is 15.1 Å². The lowest BCUT2D eigenvalue weighted by Gasteiger charge is -2.31. The Labute approximate surface area is 162 Å². The third kappa shape index (κ3) is 7.59. The number of rotatable bonds is 9. The zero-order valence-electron chi connectivity index (χ0n) is 16.6. The van der Waals surface area contributed by atoms with E-state index >= 15 is 0 Å². The summed E-state index contributed by atoms with van der Waals surface area (Å²) in [6.45, 7) is 2.24. The predicted octanol–water partition coefficient (Wildman–Crippen LogP) is 2.84. The van der Waals surface area contributed by atoms with Crippen LogP contribution in [-0.2, 0) is 11.2 Å². The molecule has 2 N–H and O–H groups in total. The van der Waals surface area contributed by atoms with Gasteiger partial charge in [-0.15, -0.1) is 0 Å². The third-order valence-electron chi connectivity index (χ3n) is 5.24. The zero-order valence-corrected chi connectivity index (χ0v) is 16.6. The molecule has 6 nitrogen and oxygen atoms in total. The summed E-state index contributed by atoms with van der Waals surface area (Å²) >= 11 is 0. The van der Waals surface area contributed by atoms with E-state index < -0.39 is 5.97 Å². The minimum atomic E-state index is -0.715. The Hall–Kier alpha value is -2.08. The molecule has 0 bridgehead atoms. The highest BCUT2D eigenvalue weighted by molar-refractivity contribution is 5.74. The van der Waals surface area contributed by atoms with Crippen LogP contribution in [0, 0.1) is 5.92 Å². The number of carbonyl (C=O) groups is 2. The smallest absolute Gasteiger partial charge is 0.317 e. The van der Waals surface area contributed by atoms with Crippen LogP contribution >= 0.6 is 0 Å². The number of likely N-dealkylation sites (N-methyl/N-ethyl adjacent to an activating group) is 1. The van der Waals surface area contributed by atoms with Gasteiger partial charge < -0.3 is 20.2 Å². The van der Waals surface area contributed by atoms with E-state index in [-0.39, 0.29) is 18.0 Å². The molecule has 27 heavy (non-hydrogen) atoms. The van der Waals surface area contributed by atoms with Gasteiger partial charge in [0.2, 0.25) is 0 Å². The number of aliphatic carboxylic acids is 1. The summed E-state index contributed by atoms with van der Waals surface area (Å²) in [6.07, 6.45) is 4.66. The maximum Gasteiger partial charge on any atom is 0.317 e. The number of hydrogen-bond donors (Lipinski definition) is 2. The van der Waals surface area contributed by atoms with Gasteiger partial charge in [0.25, 0.3) is 0 Å². The molecule has 0 atom stereocenters. The van der Waals surface area contributed by atoms with Gasteiger partial charge in [-0.1, -0.05) is 30.3 Å². The second-order valence-corrected chi connectivity index (χ2v) is 7.72. The molecule has 1 saturated carbocycles. The molecule has 0 aliphatic heterocycles. The molecule has 1 aromatic rings. The average Bonchev–Trinajstić information content (AvgIpc) is 2.65. The van der Waals surface area contributed by atoms with E-state index in [2.05, 4.69) is 22.3 Å². The van der Waals surface area contributed by atoms with Crippen molar-refractivity contribution in [3.05, 3.63) is 35.9 Å². The van der Waals surface area contributed by atoms with Gasteiger partial charge in [0.05, 0.1) is 5.92 Å². The van der Waals surface area contributed by atoms with Crippen molar-refractivity contribution in [3.8, 4) is 0 Å². The zero-order chi connectivity index (χ0) is 19.6. The van der Waals surface area contributed by atoms with Crippen molar-refractivity contribution in [2.45, 2.75) is 44.6 Å². The first-order valence-corrected chi connectivity index (χ1v) is 9.92. The minimum Gasteiger partial charge on any atom is -0.481 e. The molecule has 1 aromatic carbocycles. The van der Waals surface area contributed by atoms with Crippen LogP contribution in [0.1, 0.15) is 37.7 Å². The fraction of sp³-hybridized carbons (Fsp3) is 0.619. The third-order valence-corrected chi connectivity index (χ3v) is 5.24. The molecule has 0 saturated heterocycles. The van der Waals surface area contributed by atoms with Crippen LogP contribution in [0.4, 0.5) is 4.79 Å². The molecular weight excluding hydrogens is 342 g/mol. The molecule has 150 valence electrons. The van der Waals surface area contributed by atoms with Gasteiger partial charge in [0.1, 0.15) is 0 Å². The molecule has 6 heteroatoms. The number of aryl methyl sites for hydroxylation is 1. The summed E-state index contributed by atoms with van der Waals surface area (Å²) in [5, 5.41) is 12.2. The number of nitrogens with one attached hydrogen (secondary N) is 1. The Morgan fingerprint density at radius 3 is 2.30 bits per heavy atom. The highest BCUT2D eigenvalue weighted by atomic mass is 16.4. The minimum absolute atomic E-state index is 0.0244. The van der Waals surface area contributed by atoms with Crippen LogP contribution in [0.15, 0.2) is 30.3 Å². The van der Waals surface area contributed by atoms with Crippen LogP contribution in [0.2, 0.25) is 0 Å². The number of carbonyl (C=O) groups excluding carboxylic acids is 1. The summed E-state index contributed by atoms with van der Waals surface area (Å²) in [5.74, 6) is -0.970. The first kappa shape index (κ1) is 21.2. The van der Waals surface area contributed by atoms with Gasteiger partial charge in [0.15, 0.2) is 0 Å². The molecule has 1 aliphatic carbocycles. The highest BCUT2D eigenvalue weighted by Gasteiger charge is 2.27. The van der Waals surface area contributed by atoms with Crippen LogP contribution < -0.4 is 5.32 Å². The summed E-state index contributed by atoms with van der Waals surface area (Å²) in [4.78, 5) is 27.8. The van der Waals surface area contributed by atoms with E-state index in [1.54, 1.807) is 0 Å². The fourth-order valence-corrected chi connectivity index (χ4v) is 3.50. The maximum atomic E-state index is 12.8. The highest BCUT2D eigenvalue weighted by Crippen LogP contribution is 2.24. The quantitative estimate of drug-likeness (QED) is 0.696. The van der Waals surface area contributed by atoms with Gasteiger partial charge in [0, 0.05) is 25.7 Å². The van der Waals surface area contributed by atoms with E-state index in [4.69, 9.17) is 5.11 Å². The van der Waals surface area contributed by atoms with Gasteiger partial charge >= 0.3 is 12.0 Å². The SMILES string of the molecule is CN(C)CCN(CCCc1ccccc1)C(=O)NC1CCC(C(=O)O)CC1. The Morgan fingerprint density at radius 2 is 1.70 bits per heavy atom. The average molecular weight is 376 g/mol. The van der Waals surface area contributed by atoms with Crippen molar-refractivity contribution < 1.29 is 14.7 Å². The van der Waals surface area contributed by atoms with E-state index in [1.165, 1.54) is 5.56 Å². The number of nitrogens with zero attached hydrogens (tertiary/aromatic N) is 2. The lowest BCUT2D eigenvalue weighted by atomic mass is 9.86. The van der Waals surface area contributed by atoms with Crippen LogP contribution in [0.5, 0.6) is 0 Å².